The zero-order valence-electron chi connectivity index (χ0n) is 18.5. The first-order valence-corrected chi connectivity index (χ1v) is 6.91. The van der Waals surface area contributed by atoms with E-state index >= 15 is 0 Å². The fourth-order valence-electron chi connectivity index (χ4n) is 1.74. The molecule has 0 aliphatic heterocycles. The fraction of sp³-hybridized carbons (Fsp3) is 0.312. The quantitative estimate of drug-likeness (QED) is 0.906. The number of carbonyl (C=O) groups is 1. The number of nitrogens with zero attached hydrogens (tertiary/aromatic N) is 2. The third-order valence-corrected chi connectivity index (χ3v) is 3.90. The Bertz CT molecular complexity index is 962. The van der Waals surface area contributed by atoms with E-state index in [9.17, 15) is 10.1 Å². The largest absolute Gasteiger partial charge is 0.492 e. The van der Waals surface area contributed by atoms with Crippen LogP contribution in [0.1, 0.15) is 44.2 Å². The van der Waals surface area contributed by atoms with Gasteiger partial charge >= 0.3 is 5.97 Å². The van der Waals surface area contributed by atoms with Crippen molar-refractivity contribution in [1.29, 1.82) is 5.26 Å². The Morgan fingerprint density at radius 1 is 1.64 bits per heavy atom. The Morgan fingerprint density at radius 3 is 3.00 bits per heavy atom. The van der Waals surface area contributed by atoms with Gasteiger partial charge in [0.25, 0.3) is 0 Å². The van der Waals surface area contributed by atoms with Crippen LogP contribution in [0.3, 0.4) is 0 Å². The molecule has 2 aromatic rings. The Morgan fingerprint density at radius 2 is 2.41 bits per heavy atom. The van der Waals surface area contributed by atoms with Gasteiger partial charge in [-0.05, 0) is 31.0 Å². The van der Waals surface area contributed by atoms with Gasteiger partial charge in [-0.3, -0.25) is 0 Å². The summed E-state index contributed by atoms with van der Waals surface area (Å²) in [6, 6.07) is 6.03. The molecule has 0 amide bonds. The molecule has 1 aromatic heterocycles. The van der Waals surface area contributed by atoms with Gasteiger partial charge in [0.2, 0.25) is 0 Å². The van der Waals surface area contributed by atoms with Gasteiger partial charge < -0.3 is 9.84 Å². The molecule has 0 atom stereocenters. The van der Waals surface area contributed by atoms with Gasteiger partial charge in [0.15, 0.2) is 0 Å². The van der Waals surface area contributed by atoms with Gasteiger partial charge in [0.1, 0.15) is 21.7 Å². The summed E-state index contributed by atoms with van der Waals surface area (Å²) in [5, 5.41) is 18.9. The Balaban J connectivity index is 2.36. The molecule has 22 heavy (non-hydrogen) atoms. The van der Waals surface area contributed by atoms with Crippen LogP contribution in [-0.4, -0.2) is 22.7 Å². The Kier molecular flexibility index (Phi) is 2.67. The summed E-state index contributed by atoms with van der Waals surface area (Å²) >= 11 is 0.930. The van der Waals surface area contributed by atoms with Crippen LogP contribution >= 0.6 is 11.3 Å². The average Bonchev–Trinajstić information content (AvgIpc) is 2.99. The topological polar surface area (TPSA) is 83.2 Å². The Labute approximate surface area is 142 Å². The normalized spacial score (nSPS) is 16.8. The molecule has 0 saturated carbocycles. The molecule has 1 N–H and O–H groups in total. The van der Waals surface area contributed by atoms with Crippen molar-refractivity contribution in [3.8, 4) is 22.4 Å². The second kappa shape index (κ2) is 6.58. The number of rotatable bonds is 5. The minimum atomic E-state index is -3.14. The van der Waals surface area contributed by atoms with Crippen LogP contribution in [0, 0.1) is 24.1 Å². The van der Waals surface area contributed by atoms with Crippen LogP contribution in [0.15, 0.2) is 18.2 Å². The molecule has 1 heterocycles. The van der Waals surface area contributed by atoms with Crippen molar-refractivity contribution in [3.63, 3.8) is 0 Å². The van der Waals surface area contributed by atoms with Crippen molar-refractivity contribution < 1.29 is 24.2 Å². The molecule has 6 heteroatoms. The summed E-state index contributed by atoms with van der Waals surface area (Å²) in [6.45, 7) is -5.72. The lowest BCUT2D eigenvalue weighted by Crippen LogP contribution is -2.05. The highest BCUT2D eigenvalue weighted by atomic mass is 32.1. The molecule has 1 aromatic carbocycles. The number of aryl methyl sites for hydroxylation is 1. The lowest BCUT2D eigenvalue weighted by molar-refractivity contribution is 0.0701. The molecule has 5 nitrogen and oxygen atoms in total. The van der Waals surface area contributed by atoms with E-state index in [4.69, 9.17) is 19.4 Å². The van der Waals surface area contributed by atoms with E-state index in [2.05, 4.69) is 4.98 Å². The van der Waals surface area contributed by atoms with Gasteiger partial charge in [-0.15, -0.1) is 11.3 Å². The number of hydrogen-bond acceptors (Lipinski definition) is 5. The molecule has 0 unspecified atom stereocenters. The zero-order chi connectivity index (χ0) is 22.2. The number of carboxylic acid groups (broad SMARTS) is 1. The van der Waals surface area contributed by atoms with Crippen molar-refractivity contribution in [2.75, 3.05) is 6.61 Å². The zero-order valence-corrected chi connectivity index (χ0v) is 12.3. The highest BCUT2D eigenvalue weighted by Gasteiger charge is 2.16. The molecule has 2 rings (SSSR count). The molecule has 0 spiro atoms. The van der Waals surface area contributed by atoms with E-state index in [-0.39, 0.29) is 16.2 Å². The van der Waals surface area contributed by atoms with Crippen LogP contribution in [0.5, 0.6) is 5.75 Å². The predicted octanol–water partition coefficient (Wildman–Crippen LogP) is 3.72. The van der Waals surface area contributed by atoms with Crippen molar-refractivity contribution in [1.82, 2.24) is 4.98 Å². The number of hydrogen-bond donors (Lipinski definition) is 1. The van der Waals surface area contributed by atoms with Crippen LogP contribution in [0.25, 0.3) is 10.6 Å². The summed E-state index contributed by atoms with van der Waals surface area (Å²) in [6.07, 6.45) is 0. The van der Waals surface area contributed by atoms with Crippen LogP contribution in [-0.2, 0) is 0 Å². The van der Waals surface area contributed by atoms with E-state index in [0.29, 0.717) is 16.3 Å². The molecule has 0 saturated heterocycles. The van der Waals surface area contributed by atoms with Crippen LogP contribution in [0.2, 0.25) is 0 Å². The van der Waals surface area contributed by atoms with Crippen molar-refractivity contribution in [3.05, 3.63) is 34.3 Å². The molecule has 0 bridgehead atoms. The molecular formula is C16H16N2O3S. The number of aromatic carboxylic acids is 1. The molecular weight excluding hydrogens is 300 g/mol. The molecule has 0 fully saturated rings. The number of thiazole rings is 1. The maximum atomic E-state index is 11.2. The summed E-state index contributed by atoms with van der Waals surface area (Å²) in [7, 11) is 0. The first kappa shape index (κ1) is 8.91. The SMILES string of the molecule is [2H]C([2H])([2H])C([2H])(COc1ccc(-c2nc(C)c(C(=O)O)s2)cc1C#N)C([2H])([2H])[2H]. The summed E-state index contributed by atoms with van der Waals surface area (Å²) in [5.74, 6) is -4.09. The van der Waals surface area contributed by atoms with Gasteiger partial charge in [-0.2, -0.15) is 5.26 Å². The van der Waals surface area contributed by atoms with E-state index in [1.807, 2.05) is 6.07 Å². The second-order valence-electron chi connectivity index (χ2n) is 4.33. The van der Waals surface area contributed by atoms with Gasteiger partial charge in [-0.1, -0.05) is 13.7 Å². The van der Waals surface area contributed by atoms with Gasteiger partial charge in [-0.25, -0.2) is 9.78 Å². The van der Waals surface area contributed by atoms with E-state index < -0.39 is 32.2 Å². The first-order chi connectivity index (χ1) is 13.2. The summed E-state index contributed by atoms with van der Waals surface area (Å²) < 4.78 is 57.6. The lowest BCUT2D eigenvalue weighted by atomic mass is 10.1. The highest BCUT2D eigenvalue weighted by molar-refractivity contribution is 7.17. The smallest absolute Gasteiger partial charge is 0.347 e. The van der Waals surface area contributed by atoms with Crippen LogP contribution < -0.4 is 4.74 Å². The molecule has 0 aliphatic carbocycles. The van der Waals surface area contributed by atoms with Gasteiger partial charge in [0, 0.05) is 15.2 Å². The van der Waals surface area contributed by atoms with Crippen molar-refractivity contribution in [2.45, 2.75) is 20.6 Å². The Hall–Kier alpha value is -2.39. The standard InChI is InChI=1S/C16H16N2O3S/c1-9(2)8-21-13-5-4-11(6-12(13)7-17)15-18-10(3)14(22-15)16(19)20/h4-6,9H,8H2,1-3H3,(H,19,20)/i1D3,2D3,9D. The monoisotopic (exact) mass is 323 g/mol. The minimum Gasteiger partial charge on any atom is -0.492 e. The van der Waals surface area contributed by atoms with Crippen molar-refractivity contribution >= 4 is 17.3 Å². The summed E-state index contributed by atoms with van der Waals surface area (Å²) in [4.78, 5) is 15.4. The number of ether oxygens (including phenoxy) is 1. The number of aromatic nitrogens is 1. The molecule has 114 valence electrons. The van der Waals surface area contributed by atoms with Gasteiger partial charge in [0.05, 0.1) is 17.9 Å². The molecule has 0 aliphatic rings. The summed E-state index contributed by atoms with van der Waals surface area (Å²) in [5.41, 5.74) is 0.731. The fourth-order valence-corrected chi connectivity index (χ4v) is 2.65. The predicted molar refractivity (Wildman–Crippen MR) is 84.3 cm³/mol. The highest BCUT2D eigenvalue weighted by Crippen LogP contribution is 2.31. The third kappa shape index (κ3) is 3.43. The van der Waals surface area contributed by atoms with E-state index in [1.54, 1.807) is 6.92 Å². The first-order valence-electron chi connectivity index (χ1n) is 9.59. The maximum Gasteiger partial charge on any atom is 0.347 e. The maximum absolute atomic E-state index is 11.2. The van der Waals surface area contributed by atoms with E-state index in [0.717, 1.165) is 11.3 Å². The van der Waals surface area contributed by atoms with E-state index in [1.165, 1.54) is 18.2 Å². The van der Waals surface area contributed by atoms with Crippen molar-refractivity contribution in [2.24, 2.45) is 5.89 Å². The van der Waals surface area contributed by atoms with Crippen LogP contribution in [0.4, 0.5) is 0 Å². The second-order valence-corrected chi connectivity index (χ2v) is 5.33. The molecule has 0 radical (unpaired) electrons. The minimum absolute atomic E-state index is 0.0364. The third-order valence-electron chi connectivity index (χ3n) is 2.71. The lowest BCUT2D eigenvalue weighted by Gasteiger charge is -2.10. The average molecular weight is 323 g/mol. The number of carboxylic acids is 1. The number of nitriles is 1. The number of benzene rings is 1.